The summed E-state index contributed by atoms with van der Waals surface area (Å²) in [6, 6.07) is 4.47. The lowest BCUT2D eigenvalue weighted by atomic mass is 9.86. The predicted molar refractivity (Wildman–Crippen MR) is 85.2 cm³/mol. The SMILES string of the molecule is COc1ccc(CCCN2CCOCC2)c2c1CCCC2. The zero-order chi connectivity index (χ0) is 14.5. The Bertz CT molecular complexity index is 467. The lowest BCUT2D eigenvalue weighted by molar-refractivity contribution is 0.0374. The van der Waals surface area contributed by atoms with Crippen molar-refractivity contribution in [2.24, 2.45) is 0 Å². The standard InChI is InChI=1S/C18H27NO2/c1-20-18-9-8-15(16-6-2-3-7-17(16)18)5-4-10-19-11-13-21-14-12-19/h8-9H,2-7,10-14H2,1H3. The summed E-state index contributed by atoms with van der Waals surface area (Å²) in [7, 11) is 1.79. The Kier molecular flexibility index (Phi) is 5.15. The molecule has 0 atom stereocenters. The number of morpholine rings is 1. The first-order valence-electron chi connectivity index (χ1n) is 8.36. The highest BCUT2D eigenvalue weighted by atomic mass is 16.5. The molecule has 0 radical (unpaired) electrons. The highest BCUT2D eigenvalue weighted by Crippen LogP contribution is 2.32. The fraction of sp³-hybridized carbons (Fsp3) is 0.667. The van der Waals surface area contributed by atoms with Crippen LogP contribution in [0.1, 0.15) is 36.0 Å². The van der Waals surface area contributed by atoms with Gasteiger partial charge in [-0.2, -0.15) is 0 Å². The van der Waals surface area contributed by atoms with E-state index < -0.39 is 0 Å². The second-order valence-corrected chi connectivity index (χ2v) is 6.15. The lowest BCUT2D eigenvalue weighted by Crippen LogP contribution is -2.37. The predicted octanol–water partition coefficient (Wildman–Crippen LogP) is 2.84. The van der Waals surface area contributed by atoms with Gasteiger partial charge in [-0.25, -0.2) is 0 Å². The van der Waals surface area contributed by atoms with Gasteiger partial charge in [0.15, 0.2) is 0 Å². The van der Waals surface area contributed by atoms with Crippen LogP contribution < -0.4 is 4.74 Å². The summed E-state index contributed by atoms with van der Waals surface area (Å²) in [6.07, 6.45) is 7.51. The van der Waals surface area contributed by atoms with Crippen LogP contribution in [-0.2, 0) is 24.0 Å². The molecule has 0 aromatic heterocycles. The first-order valence-corrected chi connectivity index (χ1v) is 8.36. The minimum absolute atomic E-state index is 0.901. The first-order chi connectivity index (χ1) is 10.4. The zero-order valence-electron chi connectivity index (χ0n) is 13.2. The van der Waals surface area contributed by atoms with Crippen molar-refractivity contribution in [3.8, 4) is 5.75 Å². The second kappa shape index (κ2) is 7.28. The summed E-state index contributed by atoms with van der Waals surface area (Å²) in [5.41, 5.74) is 4.62. The number of hydrogen-bond donors (Lipinski definition) is 0. The smallest absolute Gasteiger partial charge is 0.122 e. The van der Waals surface area contributed by atoms with Crippen molar-refractivity contribution >= 4 is 0 Å². The molecule has 2 aliphatic rings. The van der Waals surface area contributed by atoms with Crippen LogP contribution >= 0.6 is 0 Å². The van der Waals surface area contributed by atoms with E-state index in [0.717, 1.165) is 32.1 Å². The van der Waals surface area contributed by atoms with Gasteiger partial charge in [-0.05, 0) is 67.8 Å². The van der Waals surface area contributed by atoms with E-state index in [2.05, 4.69) is 17.0 Å². The molecule has 1 heterocycles. The third-order valence-electron chi connectivity index (χ3n) is 4.83. The van der Waals surface area contributed by atoms with Gasteiger partial charge in [0.1, 0.15) is 5.75 Å². The van der Waals surface area contributed by atoms with E-state index in [0.29, 0.717) is 0 Å². The number of aryl methyl sites for hydroxylation is 1. The summed E-state index contributed by atoms with van der Waals surface area (Å²) >= 11 is 0. The molecule has 21 heavy (non-hydrogen) atoms. The molecule has 0 bridgehead atoms. The minimum atomic E-state index is 0.901. The lowest BCUT2D eigenvalue weighted by Gasteiger charge is -2.27. The maximum atomic E-state index is 5.55. The number of benzene rings is 1. The maximum absolute atomic E-state index is 5.55. The van der Waals surface area contributed by atoms with Crippen LogP contribution in [0.5, 0.6) is 5.75 Å². The van der Waals surface area contributed by atoms with Crippen molar-refractivity contribution in [2.75, 3.05) is 40.0 Å². The monoisotopic (exact) mass is 289 g/mol. The van der Waals surface area contributed by atoms with Gasteiger partial charge in [-0.3, -0.25) is 4.90 Å². The molecular weight excluding hydrogens is 262 g/mol. The summed E-state index contributed by atoms with van der Waals surface area (Å²) < 4.78 is 11.0. The van der Waals surface area contributed by atoms with E-state index in [1.165, 1.54) is 50.6 Å². The van der Waals surface area contributed by atoms with Gasteiger partial charge in [0.05, 0.1) is 20.3 Å². The average Bonchev–Trinajstić information content (AvgIpc) is 2.56. The third-order valence-corrected chi connectivity index (χ3v) is 4.83. The zero-order valence-corrected chi connectivity index (χ0v) is 13.2. The van der Waals surface area contributed by atoms with Gasteiger partial charge in [-0.1, -0.05) is 6.07 Å². The van der Waals surface area contributed by atoms with E-state index in [-0.39, 0.29) is 0 Å². The molecule has 116 valence electrons. The molecule has 0 unspecified atom stereocenters. The Hall–Kier alpha value is -1.06. The molecule has 3 nitrogen and oxygen atoms in total. The van der Waals surface area contributed by atoms with Gasteiger partial charge < -0.3 is 9.47 Å². The molecule has 1 aromatic rings. The van der Waals surface area contributed by atoms with Crippen LogP contribution in [0.25, 0.3) is 0 Å². The average molecular weight is 289 g/mol. The quantitative estimate of drug-likeness (QED) is 0.832. The topological polar surface area (TPSA) is 21.7 Å². The molecule has 1 aliphatic carbocycles. The Labute approximate surface area is 128 Å². The number of fused-ring (bicyclic) bond motifs is 1. The first kappa shape index (κ1) is 14.9. The number of methoxy groups -OCH3 is 1. The second-order valence-electron chi connectivity index (χ2n) is 6.15. The van der Waals surface area contributed by atoms with Crippen LogP contribution in [0.2, 0.25) is 0 Å². The van der Waals surface area contributed by atoms with Crippen LogP contribution in [-0.4, -0.2) is 44.9 Å². The van der Waals surface area contributed by atoms with Crippen LogP contribution in [0, 0.1) is 0 Å². The van der Waals surface area contributed by atoms with E-state index in [1.54, 1.807) is 18.2 Å². The van der Waals surface area contributed by atoms with E-state index in [1.807, 2.05) is 0 Å². The largest absolute Gasteiger partial charge is 0.496 e. The Morgan fingerprint density at radius 3 is 2.62 bits per heavy atom. The number of hydrogen-bond acceptors (Lipinski definition) is 3. The van der Waals surface area contributed by atoms with Gasteiger partial charge in [0.2, 0.25) is 0 Å². The van der Waals surface area contributed by atoms with Gasteiger partial charge >= 0.3 is 0 Å². The molecule has 0 N–H and O–H groups in total. The molecule has 1 aromatic carbocycles. The van der Waals surface area contributed by atoms with Crippen molar-refractivity contribution < 1.29 is 9.47 Å². The molecule has 0 amide bonds. The Balaban J connectivity index is 1.62. The van der Waals surface area contributed by atoms with Gasteiger partial charge in [0.25, 0.3) is 0 Å². The maximum Gasteiger partial charge on any atom is 0.122 e. The number of ether oxygens (including phenoxy) is 2. The Morgan fingerprint density at radius 2 is 1.86 bits per heavy atom. The molecule has 0 saturated carbocycles. The molecule has 3 rings (SSSR count). The van der Waals surface area contributed by atoms with Crippen LogP contribution in [0.4, 0.5) is 0 Å². The minimum Gasteiger partial charge on any atom is -0.496 e. The van der Waals surface area contributed by atoms with Crippen LogP contribution in [0.15, 0.2) is 12.1 Å². The summed E-state index contributed by atoms with van der Waals surface area (Å²) in [6.45, 7) is 5.20. The Morgan fingerprint density at radius 1 is 1.10 bits per heavy atom. The number of rotatable bonds is 5. The van der Waals surface area contributed by atoms with Gasteiger partial charge in [0, 0.05) is 13.1 Å². The van der Waals surface area contributed by atoms with Crippen LogP contribution in [0.3, 0.4) is 0 Å². The van der Waals surface area contributed by atoms with Crippen molar-refractivity contribution in [1.29, 1.82) is 0 Å². The molecular formula is C18H27NO2. The molecule has 0 spiro atoms. The van der Waals surface area contributed by atoms with Crippen molar-refractivity contribution in [2.45, 2.75) is 38.5 Å². The van der Waals surface area contributed by atoms with E-state index in [4.69, 9.17) is 9.47 Å². The normalized spacial score (nSPS) is 19.3. The van der Waals surface area contributed by atoms with Crippen molar-refractivity contribution in [1.82, 2.24) is 4.90 Å². The molecule has 1 aliphatic heterocycles. The van der Waals surface area contributed by atoms with Crippen molar-refractivity contribution in [3.63, 3.8) is 0 Å². The number of nitrogens with zero attached hydrogens (tertiary/aromatic N) is 1. The summed E-state index contributed by atoms with van der Waals surface area (Å²) in [5, 5.41) is 0. The highest BCUT2D eigenvalue weighted by molar-refractivity contribution is 5.46. The molecule has 1 saturated heterocycles. The fourth-order valence-corrected chi connectivity index (χ4v) is 3.65. The summed E-state index contributed by atoms with van der Waals surface area (Å²) in [4.78, 5) is 2.53. The summed E-state index contributed by atoms with van der Waals surface area (Å²) in [5.74, 6) is 1.10. The third kappa shape index (κ3) is 3.58. The molecule has 1 fully saturated rings. The van der Waals surface area contributed by atoms with E-state index >= 15 is 0 Å². The fourth-order valence-electron chi connectivity index (χ4n) is 3.65. The van der Waals surface area contributed by atoms with Gasteiger partial charge in [-0.15, -0.1) is 0 Å². The highest BCUT2D eigenvalue weighted by Gasteiger charge is 2.17. The van der Waals surface area contributed by atoms with Crippen molar-refractivity contribution in [3.05, 3.63) is 28.8 Å². The molecule has 3 heteroatoms. The van der Waals surface area contributed by atoms with E-state index in [9.17, 15) is 0 Å².